The number of benzene rings is 3. The normalized spacial score (nSPS) is 14.4. The molecular formula is C31H20N2O4. The minimum Gasteiger partial charge on any atom is -0.420 e. The van der Waals surface area contributed by atoms with E-state index in [0.29, 0.717) is 32.8 Å². The number of nitrogens with one attached hydrogen (secondary N) is 1. The Labute approximate surface area is 209 Å². The lowest BCUT2D eigenvalue weighted by Crippen LogP contribution is -2.28. The number of aryl methyl sites for hydroxylation is 1. The van der Waals surface area contributed by atoms with Crippen LogP contribution in [-0.4, -0.2) is 4.98 Å². The zero-order valence-electron chi connectivity index (χ0n) is 20.1. The van der Waals surface area contributed by atoms with E-state index >= 15 is 0 Å². The summed E-state index contributed by atoms with van der Waals surface area (Å²) >= 11 is 0. The maximum atomic E-state index is 12.8. The van der Waals surface area contributed by atoms with Gasteiger partial charge in [-0.25, -0.2) is 14.6 Å². The van der Waals surface area contributed by atoms with E-state index in [0.717, 1.165) is 44.3 Å². The predicted molar refractivity (Wildman–Crippen MR) is 144 cm³/mol. The first kappa shape index (κ1) is 21.3. The van der Waals surface area contributed by atoms with Crippen molar-refractivity contribution in [2.24, 2.45) is 4.99 Å². The summed E-state index contributed by atoms with van der Waals surface area (Å²) in [7, 11) is 0. The van der Waals surface area contributed by atoms with Crippen molar-refractivity contribution in [1.29, 1.82) is 0 Å². The van der Waals surface area contributed by atoms with Gasteiger partial charge in [0.2, 0.25) is 0 Å². The van der Waals surface area contributed by atoms with Crippen molar-refractivity contribution in [3.05, 3.63) is 133 Å². The quantitative estimate of drug-likeness (QED) is 0.377. The first-order chi connectivity index (χ1) is 18.0. The molecule has 6 heteroatoms. The molecule has 4 heterocycles. The molecule has 1 aliphatic rings. The van der Waals surface area contributed by atoms with Gasteiger partial charge in [0.1, 0.15) is 5.36 Å². The van der Waals surface area contributed by atoms with Gasteiger partial charge >= 0.3 is 11.3 Å². The molecule has 0 spiro atoms. The first-order valence-corrected chi connectivity index (χ1v) is 12.0. The Morgan fingerprint density at radius 1 is 0.730 bits per heavy atom. The molecule has 1 aliphatic heterocycles. The maximum absolute atomic E-state index is 12.8. The number of fused-ring (bicyclic) bond motifs is 6. The van der Waals surface area contributed by atoms with Crippen LogP contribution in [0.25, 0.3) is 43.8 Å². The second-order valence-corrected chi connectivity index (χ2v) is 9.20. The van der Waals surface area contributed by atoms with Crippen molar-refractivity contribution in [3.63, 3.8) is 0 Å². The van der Waals surface area contributed by atoms with E-state index < -0.39 is 0 Å². The highest BCUT2D eigenvalue weighted by Crippen LogP contribution is 2.37. The molecule has 0 fully saturated rings. The number of H-pyrrole nitrogens is 1. The third-order valence-electron chi connectivity index (χ3n) is 7.08. The molecule has 0 amide bonds. The fourth-order valence-corrected chi connectivity index (χ4v) is 5.27. The molecule has 6 nitrogen and oxygen atoms in total. The first-order valence-electron chi connectivity index (χ1n) is 12.0. The van der Waals surface area contributed by atoms with Gasteiger partial charge < -0.3 is 13.8 Å². The maximum Gasteiger partial charge on any atom is 0.344 e. The summed E-state index contributed by atoms with van der Waals surface area (Å²) in [6, 6.07) is 24.7. The highest BCUT2D eigenvalue weighted by Gasteiger charge is 2.25. The molecule has 1 N–H and O–H groups in total. The summed E-state index contributed by atoms with van der Waals surface area (Å²) in [6.45, 7) is 3.85. The molecule has 0 radical (unpaired) electrons. The third-order valence-corrected chi connectivity index (χ3v) is 7.08. The average molecular weight is 485 g/mol. The highest BCUT2D eigenvalue weighted by atomic mass is 16.4. The molecule has 178 valence electrons. The van der Waals surface area contributed by atoms with E-state index in [1.807, 2.05) is 80.6 Å². The van der Waals surface area contributed by atoms with Crippen molar-refractivity contribution < 1.29 is 8.83 Å². The standard InChI is InChI=1S/C31H20N2O4/c1-16-24(32-26-19-12-6-8-14-21(19)30(34)36-28(16)26)23(18-10-4-3-5-11-18)25-17(2)29-27(33-25)20-13-7-9-15-22(20)31(35)37-29/h3-15,32H,1-2H3/b25-23-. The molecule has 3 aromatic carbocycles. The largest absolute Gasteiger partial charge is 0.420 e. The summed E-state index contributed by atoms with van der Waals surface area (Å²) in [5, 5.41) is 3.20. The van der Waals surface area contributed by atoms with E-state index in [9.17, 15) is 9.59 Å². The van der Waals surface area contributed by atoms with Crippen LogP contribution in [0, 0.1) is 6.92 Å². The van der Waals surface area contributed by atoms with Gasteiger partial charge in [0.15, 0.2) is 11.0 Å². The van der Waals surface area contributed by atoms with Crippen molar-refractivity contribution in [1.82, 2.24) is 4.98 Å². The van der Waals surface area contributed by atoms with Crippen molar-refractivity contribution in [3.8, 4) is 0 Å². The fourth-order valence-electron chi connectivity index (χ4n) is 5.27. The Morgan fingerprint density at radius 3 is 2.05 bits per heavy atom. The van der Waals surface area contributed by atoms with Crippen molar-refractivity contribution >= 4 is 43.8 Å². The third kappa shape index (κ3) is 3.02. The Kier molecular flexibility index (Phi) is 4.48. The number of allylic oxidation sites excluding steroid dienone is 1. The number of rotatable bonds is 2. The van der Waals surface area contributed by atoms with E-state index in [1.165, 1.54) is 0 Å². The summed E-state index contributed by atoms with van der Waals surface area (Å²) in [5.74, 6) is 0. The van der Waals surface area contributed by atoms with Crippen LogP contribution >= 0.6 is 0 Å². The molecule has 37 heavy (non-hydrogen) atoms. The highest BCUT2D eigenvalue weighted by molar-refractivity contribution is 6.06. The zero-order valence-corrected chi connectivity index (χ0v) is 20.1. The number of aromatic nitrogens is 1. The van der Waals surface area contributed by atoms with E-state index in [2.05, 4.69) is 4.98 Å². The van der Waals surface area contributed by atoms with Crippen LogP contribution in [0.3, 0.4) is 0 Å². The summed E-state index contributed by atoms with van der Waals surface area (Å²) in [5.41, 5.74) is 5.79. The Hall–Kier alpha value is -4.97. The van der Waals surface area contributed by atoms with Gasteiger partial charge in [-0.15, -0.1) is 0 Å². The summed E-state index contributed by atoms with van der Waals surface area (Å²) in [4.78, 5) is 34.1. The topological polar surface area (TPSA) is 88.6 Å². The minimum absolute atomic E-state index is 0.375. The van der Waals surface area contributed by atoms with Gasteiger partial charge in [0.25, 0.3) is 0 Å². The average Bonchev–Trinajstić information content (AvgIpc) is 3.43. The summed E-state index contributed by atoms with van der Waals surface area (Å²) in [6.07, 6.45) is 0. The lowest BCUT2D eigenvalue weighted by molar-refractivity contribution is 0.480. The summed E-state index contributed by atoms with van der Waals surface area (Å²) < 4.78 is 11.6. The van der Waals surface area contributed by atoms with E-state index in [1.54, 1.807) is 12.1 Å². The van der Waals surface area contributed by atoms with Gasteiger partial charge in [-0.05, 0) is 31.5 Å². The van der Waals surface area contributed by atoms with Crippen molar-refractivity contribution in [2.45, 2.75) is 13.8 Å². The van der Waals surface area contributed by atoms with Crippen LogP contribution in [-0.2, 0) is 0 Å². The molecule has 0 aliphatic carbocycles. The second kappa shape index (κ2) is 7.77. The molecule has 7 rings (SSSR count). The second-order valence-electron chi connectivity index (χ2n) is 9.20. The van der Waals surface area contributed by atoms with Gasteiger partial charge in [-0.1, -0.05) is 66.7 Å². The molecule has 6 aromatic rings. The SMILES string of the molecule is CC1=c2oc(=O)c3ccccc3c2=N/C1=C(/c1ccccc1)c1[nH]c2c(oc(=O)c3ccccc32)c1C. The monoisotopic (exact) mass is 484 g/mol. The lowest BCUT2D eigenvalue weighted by atomic mass is 9.96. The van der Waals surface area contributed by atoms with Crippen LogP contribution < -0.4 is 22.0 Å². The lowest BCUT2D eigenvalue weighted by Gasteiger charge is -2.11. The molecule has 0 atom stereocenters. The van der Waals surface area contributed by atoms with E-state index in [4.69, 9.17) is 13.8 Å². The van der Waals surface area contributed by atoms with E-state index in [-0.39, 0.29) is 11.3 Å². The van der Waals surface area contributed by atoms with Crippen LogP contribution in [0.2, 0.25) is 0 Å². The Morgan fingerprint density at radius 2 is 1.32 bits per heavy atom. The van der Waals surface area contributed by atoms with Crippen LogP contribution in [0.1, 0.15) is 23.7 Å². The van der Waals surface area contributed by atoms with Crippen LogP contribution in [0.5, 0.6) is 0 Å². The molecule has 3 aromatic heterocycles. The minimum atomic E-state index is -0.388. The number of hydrogen-bond donors (Lipinski definition) is 1. The van der Waals surface area contributed by atoms with Crippen LogP contribution in [0.4, 0.5) is 0 Å². The number of aromatic amines is 1. The molecule has 0 saturated carbocycles. The van der Waals surface area contributed by atoms with Gasteiger partial charge in [-0.3, -0.25) is 0 Å². The van der Waals surface area contributed by atoms with Gasteiger partial charge in [0, 0.05) is 27.5 Å². The van der Waals surface area contributed by atoms with Gasteiger partial charge in [-0.2, -0.15) is 0 Å². The van der Waals surface area contributed by atoms with Crippen LogP contribution in [0.15, 0.2) is 108 Å². The number of nitrogens with zero attached hydrogens (tertiary/aromatic N) is 1. The number of hydrogen-bond acceptors (Lipinski definition) is 5. The molecular weight excluding hydrogens is 464 g/mol. The Balaban J connectivity index is 1.64. The Bertz CT molecular complexity index is 2200. The fraction of sp³-hybridized carbons (Fsp3) is 0.0645. The smallest absolute Gasteiger partial charge is 0.344 e. The van der Waals surface area contributed by atoms with Crippen molar-refractivity contribution in [2.75, 3.05) is 0 Å². The zero-order chi connectivity index (χ0) is 25.3. The molecule has 0 bridgehead atoms. The predicted octanol–water partition coefficient (Wildman–Crippen LogP) is 4.95. The molecule has 0 saturated heterocycles. The van der Waals surface area contributed by atoms with Gasteiger partial charge in [0.05, 0.1) is 27.7 Å². The molecule has 0 unspecified atom stereocenters.